The Morgan fingerprint density at radius 2 is 1.33 bits per heavy atom. The zero-order valence-electron chi connectivity index (χ0n) is 5.88. The Hall–Kier alpha value is 1.48. The van der Waals surface area contributed by atoms with Crippen molar-refractivity contribution in [2.45, 2.75) is 25.1 Å². The molecule has 0 rings (SSSR count). The van der Waals surface area contributed by atoms with E-state index in [4.69, 9.17) is 0 Å². The molecule has 0 amide bonds. The summed E-state index contributed by atoms with van der Waals surface area (Å²) in [7, 11) is 0. The summed E-state index contributed by atoms with van der Waals surface area (Å²) in [6, 6.07) is 0. The summed E-state index contributed by atoms with van der Waals surface area (Å²) in [5.41, 5.74) is 0. The second kappa shape index (κ2) is 3.48. The third-order valence-electron chi connectivity index (χ3n) is 0. The van der Waals surface area contributed by atoms with E-state index in [1.165, 1.54) is 0 Å². The molecule has 0 saturated heterocycles. The normalized spacial score (nSPS) is 10.0. The van der Waals surface area contributed by atoms with Gasteiger partial charge in [-0.25, -0.2) is 0 Å². The van der Waals surface area contributed by atoms with E-state index >= 15 is 0 Å². The Kier molecular flexibility index (Phi) is 6.06. The molecule has 0 aromatic carbocycles. The minimum absolute atomic E-state index is 0. The van der Waals surface area contributed by atoms with E-state index in [0.29, 0.717) is 4.32 Å². The summed E-state index contributed by atoms with van der Waals surface area (Å²) in [5, 5.41) is 0. The molecule has 0 N–H and O–H groups in total. The second-order valence-electron chi connectivity index (χ2n) is 2.07. The molecule has 0 fully saturated rings. The van der Waals surface area contributed by atoms with E-state index in [-0.39, 0.29) is 31.0 Å². The van der Waals surface area contributed by atoms with Gasteiger partial charge in [0.2, 0.25) is 0 Å². The maximum absolute atomic E-state index is 3.38. The van der Waals surface area contributed by atoms with Crippen LogP contribution in [0.15, 0.2) is 0 Å². The van der Waals surface area contributed by atoms with Crippen LogP contribution in [0.4, 0.5) is 0 Å². The molecule has 0 saturated carbocycles. The van der Waals surface area contributed by atoms with Gasteiger partial charge in [0.05, 0.1) is 0 Å². The topological polar surface area (TPSA) is 0 Å². The third kappa shape index (κ3) is 50.2. The fraction of sp³-hybridized carbons (Fsp3) is 1.00. The maximum Gasteiger partial charge on any atom is 1.00 e. The number of hydrogen-bond acceptors (Lipinski definition) is 0. The van der Waals surface area contributed by atoms with Gasteiger partial charge in [-0.3, -0.25) is 0 Å². The van der Waals surface area contributed by atoms with E-state index in [1.54, 1.807) is 0 Å². The fourth-order valence-corrected chi connectivity index (χ4v) is 0. The number of hydrogen-bond donors (Lipinski definition) is 0. The molecule has 0 spiro atoms. The third-order valence-corrected chi connectivity index (χ3v) is 0. The van der Waals surface area contributed by atoms with Crippen molar-refractivity contribution in [3.05, 3.63) is 0 Å². The monoisotopic (exact) mass is 160 g/mol. The Labute approximate surface area is 71.6 Å². The van der Waals surface area contributed by atoms with Crippen LogP contribution in [0, 0.1) is 0 Å². The van der Waals surface area contributed by atoms with Crippen LogP contribution in [-0.4, -0.2) is 4.32 Å². The predicted octanol–water partition coefficient (Wildman–Crippen LogP) is -0.704. The minimum Gasteiger partial charge on any atom is -1.00 e. The van der Waals surface area contributed by atoms with Crippen LogP contribution >= 0.6 is 15.9 Å². The molecule has 2 heteroatoms. The Morgan fingerprint density at radius 1 is 1.33 bits per heavy atom. The van der Waals surface area contributed by atoms with Crippen LogP contribution in [-0.2, 0) is 0 Å². The van der Waals surface area contributed by atoms with Crippen molar-refractivity contribution in [1.82, 2.24) is 0 Å². The molecule has 0 aliphatic carbocycles. The standard InChI is InChI=1S/C4H9Br.Na.H/c1-4(2,3)5;;/h1-3H3;;/q;+1;-1. The summed E-state index contributed by atoms with van der Waals surface area (Å²) in [6.07, 6.45) is 0. The SMILES string of the molecule is CC(C)(C)Br.[H-].[Na+]. The fourth-order valence-electron chi connectivity index (χ4n) is 0. The molecule has 0 atom stereocenters. The summed E-state index contributed by atoms with van der Waals surface area (Å²) >= 11 is 3.38. The molecule has 0 aliphatic heterocycles. The first-order valence-electron chi connectivity index (χ1n) is 1.69. The summed E-state index contributed by atoms with van der Waals surface area (Å²) in [6.45, 7) is 6.31. The Morgan fingerprint density at radius 3 is 1.33 bits per heavy atom. The van der Waals surface area contributed by atoms with Gasteiger partial charge in [0.1, 0.15) is 0 Å². The molecule has 0 aromatic rings. The first-order chi connectivity index (χ1) is 2.00. The average molecular weight is 161 g/mol. The van der Waals surface area contributed by atoms with E-state index < -0.39 is 0 Å². The van der Waals surface area contributed by atoms with Crippen molar-refractivity contribution in [2.24, 2.45) is 0 Å². The van der Waals surface area contributed by atoms with Crippen molar-refractivity contribution in [3.63, 3.8) is 0 Å². The zero-order valence-corrected chi connectivity index (χ0v) is 8.46. The van der Waals surface area contributed by atoms with Gasteiger partial charge in [-0.2, -0.15) is 0 Å². The molecule has 0 radical (unpaired) electrons. The van der Waals surface area contributed by atoms with Crippen molar-refractivity contribution in [3.8, 4) is 0 Å². The summed E-state index contributed by atoms with van der Waals surface area (Å²) in [4.78, 5) is 0. The van der Waals surface area contributed by atoms with Gasteiger partial charge in [0, 0.05) is 4.32 Å². The average Bonchev–Trinajstić information content (AvgIpc) is 0.722. The molecule has 0 nitrogen and oxygen atoms in total. The van der Waals surface area contributed by atoms with Crippen molar-refractivity contribution in [1.29, 1.82) is 0 Å². The molecule has 0 bridgehead atoms. The molecule has 34 valence electrons. The summed E-state index contributed by atoms with van der Waals surface area (Å²) in [5.74, 6) is 0. The molecule has 6 heavy (non-hydrogen) atoms. The number of rotatable bonds is 0. The Bertz CT molecular complexity index is 27.2. The smallest absolute Gasteiger partial charge is 1.00 e. The zero-order chi connectivity index (χ0) is 4.50. The van der Waals surface area contributed by atoms with Gasteiger partial charge in [0.15, 0.2) is 0 Å². The largest absolute Gasteiger partial charge is 1.00 e. The van der Waals surface area contributed by atoms with Crippen LogP contribution in [0.5, 0.6) is 0 Å². The number of alkyl halides is 1. The summed E-state index contributed by atoms with van der Waals surface area (Å²) < 4.78 is 0.312. The quantitative estimate of drug-likeness (QED) is 0.325. The number of halogens is 1. The van der Waals surface area contributed by atoms with Gasteiger partial charge < -0.3 is 1.43 Å². The molecule has 0 unspecified atom stereocenters. The first kappa shape index (κ1) is 10.5. The van der Waals surface area contributed by atoms with Gasteiger partial charge >= 0.3 is 29.6 Å². The van der Waals surface area contributed by atoms with E-state index in [2.05, 4.69) is 36.7 Å². The van der Waals surface area contributed by atoms with Crippen molar-refractivity contribution >= 4 is 15.9 Å². The van der Waals surface area contributed by atoms with Crippen LogP contribution < -0.4 is 29.6 Å². The molecular formula is C4H10BrNa. The molecule has 0 heterocycles. The predicted molar refractivity (Wildman–Crippen MR) is 29.8 cm³/mol. The van der Waals surface area contributed by atoms with Crippen LogP contribution in [0.1, 0.15) is 22.2 Å². The second-order valence-corrected chi connectivity index (χ2v) is 4.45. The van der Waals surface area contributed by atoms with Gasteiger partial charge in [0.25, 0.3) is 0 Å². The van der Waals surface area contributed by atoms with E-state index in [1.807, 2.05) is 0 Å². The molecular weight excluding hydrogens is 151 g/mol. The first-order valence-corrected chi connectivity index (χ1v) is 2.48. The van der Waals surface area contributed by atoms with Gasteiger partial charge in [-0.1, -0.05) is 36.7 Å². The van der Waals surface area contributed by atoms with Crippen LogP contribution in [0.3, 0.4) is 0 Å². The van der Waals surface area contributed by atoms with Crippen LogP contribution in [0.25, 0.3) is 0 Å². The Balaban J connectivity index is -0.0000000800. The van der Waals surface area contributed by atoms with E-state index in [0.717, 1.165) is 0 Å². The van der Waals surface area contributed by atoms with Crippen LogP contribution in [0.2, 0.25) is 0 Å². The van der Waals surface area contributed by atoms with Gasteiger partial charge in [-0.05, 0) is 0 Å². The maximum atomic E-state index is 3.38. The minimum atomic E-state index is 0. The van der Waals surface area contributed by atoms with Gasteiger partial charge in [-0.15, -0.1) is 0 Å². The van der Waals surface area contributed by atoms with Crippen molar-refractivity contribution in [2.75, 3.05) is 0 Å². The van der Waals surface area contributed by atoms with E-state index in [9.17, 15) is 0 Å². The van der Waals surface area contributed by atoms with Crippen molar-refractivity contribution < 1.29 is 31.0 Å². The molecule has 0 aliphatic rings. The molecule has 0 aromatic heterocycles.